The standard InChI is InChI=1S/C17H22N4O4S2/c1-20(2)11-12-10-17(16(22)25-12)6-8-21(9-7-17)27(23,24)14-5-3-4-13-15(14)19-26-18-13/h3-5,12H,6-11H2,1-2H3. The van der Waals surface area contributed by atoms with E-state index < -0.39 is 15.4 Å². The molecule has 1 aromatic heterocycles. The highest BCUT2D eigenvalue weighted by Gasteiger charge is 2.51. The van der Waals surface area contributed by atoms with Crippen molar-refractivity contribution in [2.75, 3.05) is 33.7 Å². The fourth-order valence-electron chi connectivity index (χ4n) is 4.04. The van der Waals surface area contributed by atoms with Gasteiger partial charge in [0, 0.05) is 26.1 Å². The SMILES string of the molecule is CN(C)CC1CC2(CCN(S(=O)(=O)c3cccc4nsnc34)CC2)C(=O)O1. The molecule has 1 unspecified atom stereocenters. The number of fused-ring (bicyclic) bond motifs is 1. The van der Waals surface area contributed by atoms with Crippen LogP contribution in [0.3, 0.4) is 0 Å². The Balaban J connectivity index is 1.52. The highest BCUT2D eigenvalue weighted by Crippen LogP contribution is 2.44. The van der Waals surface area contributed by atoms with Gasteiger partial charge < -0.3 is 9.64 Å². The van der Waals surface area contributed by atoms with Crippen LogP contribution in [0.25, 0.3) is 11.0 Å². The van der Waals surface area contributed by atoms with E-state index in [1.54, 1.807) is 18.2 Å². The van der Waals surface area contributed by atoms with Gasteiger partial charge in [0.2, 0.25) is 10.0 Å². The van der Waals surface area contributed by atoms with Gasteiger partial charge in [-0.25, -0.2) is 8.42 Å². The molecular formula is C17H22N4O4S2. The fraction of sp³-hybridized carbons (Fsp3) is 0.588. The number of rotatable bonds is 4. The van der Waals surface area contributed by atoms with E-state index in [1.807, 2.05) is 19.0 Å². The van der Waals surface area contributed by atoms with E-state index in [4.69, 9.17) is 4.74 Å². The first-order chi connectivity index (χ1) is 12.8. The van der Waals surface area contributed by atoms with Gasteiger partial charge in [-0.05, 0) is 39.1 Å². The van der Waals surface area contributed by atoms with Gasteiger partial charge in [0.05, 0.1) is 17.1 Å². The largest absolute Gasteiger partial charge is 0.461 e. The Labute approximate surface area is 162 Å². The minimum atomic E-state index is -3.68. The number of nitrogens with zero attached hydrogens (tertiary/aromatic N) is 4. The number of aromatic nitrogens is 2. The van der Waals surface area contributed by atoms with Gasteiger partial charge in [0.15, 0.2) is 0 Å². The number of cyclic esters (lactones) is 1. The molecule has 146 valence electrons. The van der Waals surface area contributed by atoms with Crippen molar-refractivity contribution in [2.45, 2.75) is 30.3 Å². The summed E-state index contributed by atoms with van der Waals surface area (Å²) in [4.78, 5) is 14.7. The number of piperidine rings is 1. The van der Waals surface area contributed by atoms with Crippen molar-refractivity contribution in [3.63, 3.8) is 0 Å². The van der Waals surface area contributed by atoms with Gasteiger partial charge in [-0.2, -0.15) is 13.1 Å². The molecule has 1 atom stereocenters. The van der Waals surface area contributed by atoms with Crippen LogP contribution in [0, 0.1) is 5.41 Å². The van der Waals surface area contributed by atoms with Crippen molar-refractivity contribution in [1.29, 1.82) is 0 Å². The lowest BCUT2D eigenvalue weighted by Crippen LogP contribution is -2.45. The van der Waals surface area contributed by atoms with E-state index in [1.165, 1.54) is 4.31 Å². The van der Waals surface area contributed by atoms with Crippen LogP contribution in [0.2, 0.25) is 0 Å². The van der Waals surface area contributed by atoms with Gasteiger partial charge in [0.25, 0.3) is 0 Å². The van der Waals surface area contributed by atoms with Crippen molar-refractivity contribution in [1.82, 2.24) is 18.0 Å². The van der Waals surface area contributed by atoms with Crippen molar-refractivity contribution in [3.8, 4) is 0 Å². The summed E-state index contributed by atoms with van der Waals surface area (Å²) in [6.45, 7) is 1.30. The smallest absolute Gasteiger partial charge is 0.312 e. The van der Waals surface area contributed by atoms with Crippen LogP contribution in [-0.4, -0.2) is 72.2 Å². The Hall–Kier alpha value is -1.62. The maximum absolute atomic E-state index is 13.1. The molecule has 3 heterocycles. The molecule has 0 radical (unpaired) electrons. The van der Waals surface area contributed by atoms with Gasteiger partial charge in [-0.1, -0.05) is 6.07 Å². The zero-order chi connectivity index (χ0) is 19.2. The maximum Gasteiger partial charge on any atom is 0.312 e. The van der Waals surface area contributed by atoms with E-state index in [-0.39, 0.29) is 17.0 Å². The zero-order valence-corrected chi connectivity index (χ0v) is 16.9. The number of benzene rings is 1. The Kier molecular flexibility index (Phi) is 4.69. The lowest BCUT2D eigenvalue weighted by molar-refractivity contribution is -0.150. The minimum absolute atomic E-state index is 0.120. The predicted octanol–water partition coefficient (Wildman–Crippen LogP) is 1.34. The Morgan fingerprint density at radius 2 is 2.04 bits per heavy atom. The summed E-state index contributed by atoms with van der Waals surface area (Å²) in [5.74, 6) is -0.183. The predicted molar refractivity (Wildman–Crippen MR) is 101 cm³/mol. The molecule has 4 rings (SSSR count). The number of hydrogen-bond donors (Lipinski definition) is 0. The molecule has 2 aromatic rings. The second-order valence-electron chi connectivity index (χ2n) is 7.57. The Morgan fingerprint density at radius 1 is 1.30 bits per heavy atom. The number of sulfonamides is 1. The van der Waals surface area contributed by atoms with Crippen molar-refractivity contribution in [3.05, 3.63) is 18.2 Å². The van der Waals surface area contributed by atoms with Gasteiger partial charge in [-0.15, -0.1) is 0 Å². The number of carbonyl (C=O) groups is 1. The second-order valence-corrected chi connectivity index (χ2v) is 10.0. The van der Waals surface area contributed by atoms with E-state index in [0.717, 1.165) is 11.7 Å². The second kappa shape index (κ2) is 6.77. The van der Waals surface area contributed by atoms with E-state index >= 15 is 0 Å². The molecule has 0 bridgehead atoms. The average molecular weight is 411 g/mol. The zero-order valence-electron chi connectivity index (χ0n) is 15.3. The molecule has 0 saturated carbocycles. The molecule has 27 heavy (non-hydrogen) atoms. The van der Waals surface area contributed by atoms with Crippen LogP contribution in [0.5, 0.6) is 0 Å². The normalized spacial score (nSPS) is 23.4. The molecule has 0 N–H and O–H groups in total. The van der Waals surface area contributed by atoms with Gasteiger partial charge in [-0.3, -0.25) is 4.79 Å². The summed E-state index contributed by atoms with van der Waals surface area (Å²) >= 11 is 1.00. The van der Waals surface area contributed by atoms with Crippen LogP contribution < -0.4 is 0 Å². The van der Waals surface area contributed by atoms with Gasteiger partial charge >= 0.3 is 5.97 Å². The molecule has 8 nitrogen and oxygen atoms in total. The number of esters is 1. The van der Waals surface area contributed by atoms with Crippen LogP contribution in [0.1, 0.15) is 19.3 Å². The van der Waals surface area contributed by atoms with Crippen molar-refractivity contribution in [2.24, 2.45) is 5.41 Å². The van der Waals surface area contributed by atoms with Crippen LogP contribution in [0.15, 0.2) is 23.1 Å². The number of hydrogen-bond acceptors (Lipinski definition) is 8. The summed E-state index contributed by atoms with van der Waals surface area (Å²) < 4.78 is 41.5. The third kappa shape index (κ3) is 3.24. The molecule has 1 spiro atoms. The Morgan fingerprint density at radius 3 is 2.74 bits per heavy atom. The quantitative estimate of drug-likeness (QED) is 0.702. The van der Waals surface area contributed by atoms with Crippen molar-refractivity contribution < 1.29 is 17.9 Å². The summed E-state index contributed by atoms with van der Waals surface area (Å²) in [6, 6.07) is 5.01. The van der Waals surface area contributed by atoms with Crippen LogP contribution in [0.4, 0.5) is 0 Å². The summed E-state index contributed by atoms with van der Waals surface area (Å²) in [5, 5.41) is 0. The number of likely N-dealkylation sites (N-methyl/N-ethyl adjacent to an activating group) is 1. The molecular weight excluding hydrogens is 388 g/mol. The summed E-state index contributed by atoms with van der Waals surface area (Å²) in [7, 11) is 0.215. The summed E-state index contributed by atoms with van der Waals surface area (Å²) in [5.41, 5.74) is 0.440. The Bertz CT molecular complexity index is 964. The average Bonchev–Trinajstić information content (AvgIpc) is 3.19. The molecule has 0 aliphatic carbocycles. The van der Waals surface area contributed by atoms with E-state index in [2.05, 4.69) is 8.75 Å². The monoisotopic (exact) mass is 410 g/mol. The molecule has 0 amide bonds. The summed E-state index contributed by atoms with van der Waals surface area (Å²) in [6.07, 6.45) is 1.51. The molecule has 2 aliphatic heterocycles. The first-order valence-electron chi connectivity index (χ1n) is 8.89. The molecule has 2 fully saturated rings. The van der Waals surface area contributed by atoms with Crippen LogP contribution >= 0.6 is 11.7 Å². The fourth-order valence-corrected chi connectivity index (χ4v) is 6.23. The number of ether oxygens (including phenoxy) is 1. The highest BCUT2D eigenvalue weighted by atomic mass is 32.2. The molecule has 1 aromatic carbocycles. The minimum Gasteiger partial charge on any atom is -0.461 e. The topological polar surface area (TPSA) is 92.7 Å². The van der Waals surface area contributed by atoms with Crippen LogP contribution in [-0.2, 0) is 19.6 Å². The molecule has 10 heteroatoms. The molecule has 2 saturated heterocycles. The van der Waals surface area contributed by atoms with Crippen molar-refractivity contribution >= 4 is 38.8 Å². The highest BCUT2D eigenvalue weighted by molar-refractivity contribution is 7.89. The maximum atomic E-state index is 13.1. The number of carbonyl (C=O) groups excluding carboxylic acids is 1. The molecule has 2 aliphatic rings. The van der Waals surface area contributed by atoms with Gasteiger partial charge in [0.1, 0.15) is 22.0 Å². The third-order valence-electron chi connectivity index (χ3n) is 5.44. The lowest BCUT2D eigenvalue weighted by atomic mass is 9.76. The lowest BCUT2D eigenvalue weighted by Gasteiger charge is -2.35. The first-order valence-corrected chi connectivity index (χ1v) is 11.1. The third-order valence-corrected chi connectivity index (χ3v) is 7.91. The van der Waals surface area contributed by atoms with E-state index in [9.17, 15) is 13.2 Å². The first kappa shape index (κ1) is 18.7. The van der Waals surface area contributed by atoms with E-state index in [0.29, 0.717) is 49.9 Å².